The summed E-state index contributed by atoms with van der Waals surface area (Å²) in [6, 6.07) is 7.56. The Morgan fingerprint density at radius 2 is 2.05 bits per heavy atom. The van der Waals surface area contributed by atoms with Crippen LogP contribution in [0.1, 0.15) is 40.5 Å². The lowest BCUT2D eigenvalue weighted by Gasteiger charge is -2.04. The fraction of sp³-hybridized carbons (Fsp3) is 0.333. The van der Waals surface area contributed by atoms with Crippen molar-refractivity contribution in [3.05, 3.63) is 46.6 Å². The Bertz CT molecular complexity index is 587. The van der Waals surface area contributed by atoms with E-state index in [1.54, 1.807) is 0 Å². The van der Waals surface area contributed by atoms with Crippen LogP contribution < -0.4 is 5.32 Å². The summed E-state index contributed by atoms with van der Waals surface area (Å²) >= 11 is 0. The van der Waals surface area contributed by atoms with Crippen molar-refractivity contribution in [2.24, 2.45) is 0 Å². The SMILES string of the molecule is CCCc1cc(NC(=O)c2ccc(C)c(C)c2)n[nH]1. The van der Waals surface area contributed by atoms with Crippen LogP contribution in [0.5, 0.6) is 0 Å². The molecule has 0 fully saturated rings. The Morgan fingerprint density at radius 1 is 1.26 bits per heavy atom. The van der Waals surface area contributed by atoms with Crippen LogP contribution >= 0.6 is 0 Å². The maximum atomic E-state index is 12.1. The lowest BCUT2D eigenvalue weighted by atomic mass is 10.1. The molecule has 19 heavy (non-hydrogen) atoms. The third-order valence-corrected chi connectivity index (χ3v) is 3.16. The number of aryl methyl sites for hydroxylation is 3. The molecule has 0 unspecified atom stereocenters. The van der Waals surface area contributed by atoms with Crippen LogP contribution in [0.2, 0.25) is 0 Å². The number of carbonyl (C=O) groups excluding carboxylic acids is 1. The second-order valence-corrected chi connectivity index (χ2v) is 4.78. The molecule has 2 N–H and O–H groups in total. The lowest BCUT2D eigenvalue weighted by Crippen LogP contribution is -2.12. The highest BCUT2D eigenvalue weighted by Crippen LogP contribution is 2.13. The quantitative estimate of drug-likeness (QED) is 0.883. The molecule has 2 rings (SSSR count). The zero-order chi connectivity index (χ0) is 13.8. The number of nitrogens with one attached hydrogen (secondary N) is 2. The third kappa shape index (κ3) is 3.22. The fourth-order valence-electron chi connectivity index (χ4n) is 1.89. The van der Waals surface area contributed by atoms with Crippen molar-refractivity contribution in [2.75, 3.05) is 5.32 Å². The summed E-state index contributed by atoms with van der Waals surface area (Å²) in [7, 11) is 0. The first-order valence-corrected chi connectivity index (χ1v) is 6.53. The number of aromatic amines is 1. The first-order chi connectivity index (χ1) is 9.10. The van der Waals surface area contributed by atoms with Gasteiger partial charge in [-0.2, -0.15) is 5.10 Å². The second-order valence-electron chi connectivity index (χ2n) is 4.78. The highest BCUT2D eigenvalue weighted by Gasteiger charge is 2.09. The van der Waals surface area contributed by atoms with E-state index in [4.69, 9.17) is 0 Å². The standard InChI is InChI=1S/C15H19N3O/c1-4-5-13-9-14(18-17-13)16-15(19)12-7-6-10(2)11(3)8-12/h6-9H,4-5H2,1-3H3,(H2,16,17,18,19). The van der Waals surface area contributed by atoms with Gasteiger partial charge in [0.05, 0.1) is 0 Å². The normalized spacial score (nSPS) is 10.5. The number of hydrogen-bond acceptors (Lipinski definition) is 2. The van der Waals surface area contributed by atoms with Gasteiger partial charge in [-0.25, -0.2) is 0 Å². The summed E-state index contributed by atoms with van der Waals surface area (Å²) in [4.78, 5) is 12.1. The molecule has 0 aliphatic carbocycles. The van der Waals surface area contributed by atoms with E-state index in [-0.39, 0.29) is 5.91 Å². The van der Waals surface area contributed by atoms with Crippen molar-refractivity contribution in [1.29, 1.82) is 0 Å². The minimum Gasteiger partial charge on any atom is -0.305 e. The van der Waals surface area contributed by atoms with Crippen LogP contribution in [-0.2, 0) is 6.42 Å². The largest absolute Gasteiger partial charge is 0.305 e. The molecule has 0 aliphatic rings. The van der Waals surface area contributed by atoms with Gasteiger partial charge < -0.3 is 5.32 Å². The number of aromatic nitrogens is 2. The van der Waals surface area contributed by atoms with Gasteiger partial charge in [-0.05, 0) is 43.5 Å². The van der Waals surface area contributed by atoms with Crippen molar-refractivity contribution in [3.8, 4) is 0 Å². The first kappa shape index (κ1) is 13.3. The van der Waals surface area contributed by atoms with E-state index in [1.807, 2.05) is 38.1 Å². The smallest absolute Gasteiger partial charge is 0.256 e. The number of amides is 1. The van der Waals surface area contributed by atoms with Crippen LogP contribution in [0.25, 0.3) is 0 Å². The van der Waals surface area contributed by atoms with E-state index in [2.05, 4.69) is 22.4 Å². The molecule has 0 aliphatic heterocycles. The first-order valence-electron chi connectivity index (χ1n) is 6.53. The molecule has 100 valence electrons. The number of H-pyrrole nitrogens is 1. The van der Waals surface area contributed by atoms with Crippen LogP contribution in [-0.4, -0.2) is 16.1 Å². The minimum absolute atomic E-state index is 0.127. The van der Waals surface area contributed by atoms with Crippen molar-refractivity contribution in [1.82, 2.24) is 10.2 Å². The molecule has 1 aromatic carbocycles. The van der Waals surface area contributed by atoms with E-state index < -0.39 is 0 Å². The summed E-state index contributed by atoms with van der Waals surface area (Å²) in [5.41, 5.74) is 3.99. The van der Waals surface area contributed by atoms with Crippen LogP contribution in [0.3, 0.4) is 0 Å². The van der Waals surface area contributed by atoms with E-state index in [1.165, 1.54) is 5.56 Å². The van der Waals surface area contributed by atoms with Gasteiger partial charge >= 0.3 is 0 Å². The topological polar surface area (TPSA) is 57.8 Å². The molecule has 0 spiro atoms. The van der Waals surface area contributed by atoms with Crippen LogP contribution in [0.15, 0.2) is 24.3 Å². The van der Waals surface area contributed by atoms with Gasteiger partial charge in [0, 0.05) is 17.3 Å². The molecule has 0 radical (unpaired) electrons. The van der Waals surface area contributed by atoms with Crippen LogP contribution in [0.4, 0.5) is 5.82 Å². The number of benzene rings is 1. The predicted octanol–water partition coefficient (Wildman–Crippen LogP) is 3.23. The molecule has 4 nitrogen and oxygen atoms in total. The maximum Gasteiger partial charge on any atom is 0.256 e. The Morgan fingerprint density at radius 3 is 2.74 bits per heavy atom. The third-order valence-electron chi connectivity index (χ3n) is 3.16. The highest BCUT2D eigenvalue weighted by molar-refractivity contribution is 6.03. The Balaban J connectivity index is 2.09. The molecule has 1 amide bonds. The molecular weight excluding hydrogens is 238 g/mol. The summed E-state index contributed by atoms with van der Waals surface area (Å²) < 4.78 is 0. The molecule has 0 saturated heterocycles. The highest BCUT2D eigenvalue weighted by atomic mass is 16.1. The van der Waals surface area contributed by atoms with Crippen molar-refractivity contribution in [3.63, 3.8) is 0 Å². The van der Waals surface area contributed by atoms with E-state index >= 15 is 0 Å². The average Bonchev–Trinajstić information content (AvgIpc) is 2.80. The molecule has 0 saturated carbocycles. The van der Waals surface area contributed by atoms with Crippen molar-refractivity contribution in [2.45, 2.75) is 33.6 Å². The van der Waals surface area contributed by atoms with Gasteiger partial charge in [-0.15, -0.1) is 0 Å². The summed E-state index contributed by atoms with van der Waals surface area (Å²) in [5, 5.41) is 9.80. The summed E-state index contributed by atoms with van der Waals surface area (Å²) in [5.74, 6) is 0.448. The van der Waals surface area contributed by atoms with Crippen molar-refractivity contribution >= 4 is 11.7 Å². The molecule has 1 aromatic heterocycles. The van der Waals surface area contributed by atoms with E-state index in [0.717, 1.165) is 24.1 Å². The van der Waals surface area contributed by atoms with Crippen LogP contribution in [0, 0.1) is 13.8 Å². The molecular formula is C15H19N3O. The number of hydrogen-bond donors (Lipinski definition) is 2. The zero-order valence-electron chi connectivity index (χ0n) is 11.6. The maximum absolute atomic E-state index is 12.1. The van der Waals surface area contributed by atoms with Gasteiger partial charge in [0.2, 0.25) is 0 Å². The molecule has 4 heteroatoms. The molecule has 0 atom stereocenters. The molecule has 1 heterocycles. The second kappa shape index (κ2) is 5.69. The fourth-order valence-corrected chi connectivity index (χ4v) is 1.89. The molecule has 0 bridgehead atoms. The predicted molar refractivity (Wildman–Crippen MR) is 76.5 cm³/mol. The number of rotatable bonds is 4. The Kier molecular flexibility index (Phi) is 4.00. The lowest BCUT2D eigenvalue weighted by molar-refractivity contribution is 0.102. The summed E-state index contributed by atoms with van der Waals surface area (Å²) in [6.07, 6.45) is 1.99. The number of carbonyl (C=O) groups is 1. The van der Waals surface area contributed by atoms with Gasteiger partial charge in [-0.1, -0.05) is 19.4 Å². The minimum atomic E-state index is -0.127. The summed E-state index contributed by atoms with van der Waals surface area (Å²) in [6.45, 7) is 6.13. The zero-order valence-corrected chi connectivity index (χ0v) is 11.6. The van der Waals surface area contributed by atoms with Gasteiger partial charge in [0.25, 0.3) is 5.91 Å². The van der Waals surface area contributed by atoms with E-state index in [9.17, 15) is 4.79 Å². The Hall–Kier alpha value is -2.10. The van der Waals surface area contributed by atoms with Gasteiger partial charge in [0.15, 0.2) is 5.82 Å². The molecule has 2 aromatic rings. The monoisotopic (exact) mass is 257 g/mol. The Labute approximate surface area is 113 Å². The van der Waals surface area contributed by atoms with E-state index in [0.29, 0.717) is 11.4 Å². The average molecular weight is 257 g/mol. The number of nitrogens with zero attached hydrogens (tertiary/aromatic N) is 1. The van der Waals surface area contributed by atoms with Gasteiger partial charge in [-0.3, -0.25) is 9.89 Å². The number of anilines is 1. The van der Waals surface area contributed by atoms with Crippen molar-refractivity contribution < 1.29 is 4.79 Å². The van der Waals surface area contributed by atoms with Gasteiger partial charge in [0.1, 0.15) is 0 Å².